The van der Waals surface area contributed by atoms with Gasteiger partial charge < -0.3 is 10.1 Å². The third kappa shape index (κ3) is 6.31. The van der Waals surface area contributed by atoms with Crippen LogP contribution in [0.2, 0.25) is 5.02 Å². The van der Waals surface area contributed by atoms with E-state index in [-0.39, 0.29) is 22.0 Å². The fourth-order valence-corrected chi connectivity index (χ4v) is 2.87. The minimum Gasteiger partial charge on any atom is -0.452 e. The molecule has 0 spiro atoms. The average Bonchev–Trinajstić information content (AvgIpc) is 2.59. The fourth-order valence-electron chi connectivity index (χ4n) is 2.11. The summed E-state index contributed by atoms with van der Waals surface area (Å²) in [5.74, 6) is -1.96. The van der Waals surface area contributed by atoms with Gasteiger partial charge in [0.05, 0.1) is 15.5 Å². The van der Waals surface area contributed by atoms with E-state index in [9.17, 15) is 22.4 Å². The van der Waals surface area contributed by atoms with Gasteiger partial charge in [0.1, 0.15) is 5.82 Å². The van der Waals surface area contributed by atoms with E-state index in [0.29, 0.717) is 6.42 Å². The van der Waals surface area contributed by atoms with Crippen LogP contribution in [0.5, 0.6) is 0 Å². The Hall–Kier alpha value is -2.49. The van der Waals surface area contributed by atoms with Gasteiger partial charge >= 0.3 is 5.97 Å². The van der Waals surface area contributed by atoms with Gasteiger partial charge in [0.25, 0.3) is 5.91 Å². The van der Waals surface area contributed by atoms with E-state index in [1.54, 1.807) is 12.1 Å². The maximum Gasteiger partial charge on any atom is 0.340 e. The Bertz CT molecular complexity index is 948. The number of carbonyl (C=O) groups excluding carboxylic acids is 2. The monoisotopic (exact) mass is 414 g/mol. The molecule has 7 nitrogen and oxygen atoms in total. The SMILES string of the molecule is NS(=O)(=O)c1ccc(CCNC(=O)COC(=O)c2ccc(F)cc2Cl)cc1. The number of benzene rings is 2. The first-order chi connectivity index (χ1) is 12.7. The molecule has 0 unspecified atom stereocenters. The van der Waals surface area contributed by atoms with E-state index in [1.807, 2.05) is 0 Å². The van der Waals surface area contributed by atoms with Gasteiger partial charge in [-0.1, -0.05) is 23.7 Å². The lowest BCUT2D eigenvalue weighted by Gasteiger charge is -2.08. The summed E-state index contributed by atoms with van der Waals surface area (Å²) < 4.78 is 40.1. The molecule has 0 bridgehead atoms. The van der Waals surface area contributed by atoms with Crippen LogP contribution in [0, 0.1) is 5.82 Å². The van der Waals surface area contributed by atoms with Crippen molar-refractivity contribution >= 4 is 33.5 Å². The maximum atomic E-state index is 12.9. The van der Waals surface area contributed by atoms with Crippen molar-refractivity contribution in [1.82, 2.24) is 5.32 Å². The van der Waals surface area contributed by atoms with Gasteiger partial charge in [0.15, 0.2) is 6.61 Å². The van der Waals surface area contributed by atoms with Crippen molar-refractivity contribution in [3.63, 3.8) is 0 Å². The smallest absolute Gasteiger partial charge is 0.340 e. The molecule has 2 rings (SSSR count). The first kappa shape index (κ1) is 20.8. The molecule has 0 aliphatic rings. The molecule has 0 atom stereocenters. The van der Waals surface area contributed by atoms with Crippen molar-refractivity contribution in [2.24, 2.45) is 5.14 Å². The summed E-state index contributed by atoms with van der Waals surface area (Å²) in [6.07, 6.45) is 0.439. The molecule has 3 N–H and O–H groups in total. The van der Waals surface area contributed by atoms with Crippen molar-refractivity contribution in [2.75, 3.05) is 13.2 Å². The highest BCUT2D eigenvalue weighted by atomic mass is 35.5. The Morgan fingerprint density at radius 3 is 2.41 bits per heavy atom. The number of rotatable bonds is 7. The van der Waals surface area contributed by atoms with Crippen LogP contribution in [0.3, 0.4) is 0 Å². The molecule has 0 heterocycles. The highest BCUT2D eigenvalue weighted by Crippen LogP contribution is 2.18. The summed E-state index contributed by atoms with van der Waals surface area (Å²) in [7, 11) is -3.75. The van der Waals surface area contributed by atoms with Gasteiger partial charge in [0, 0.05) is 6.54 Å². The molecule has 0 radical (unpaired) electrons. The lowest BCUT2D eigenvalue weighted by molar-refractivity contribution is -0.124. The summed E-state index contributed by atoms with van der Waals surface area (Å²) in [5.41, 5.74) is 0.749. The largest absolute Gasteiger partial charge is 0.452 e. The summed E-state index contributed by atoms with van der Waals surface area (Å²) in [4.78, 5) is 23.5. The number of halogens is 2. The van der Waals surface area contributed by atoms with Gasteiger partial charge in [-0.3, -0.25) is 4.79 Å². The Balaban J connectivity index is 1.77. The Morgan fingerprint density at radius 2 is 1.81 bits per heavy atom. The summed E-state index contributed by atoms with van der Waals surface area (Å²) >= 11 is 5.74. The third-order valence-corrected chi connectivity index (χ3v) is 4.72. The van der Waals surface area contributed by atoms with Gasteiger partial charge in [-0.2, -0.15) is 0 Å². The summed E-state index contributed by atoms with van der Waals surface area (Å²) in [5, 5.41) is 7.46. The molecule has 0 aromatic heterocycles. The maximum absolute atomic E-state index is 12.9. The zero-order valence-corrected chi connectivity index (χ0v) is 15.5. The van der Waals surface area contributed by atoms with E-state index >= 15 is 0 Å². The molecule has 0 fully saturated rings. The van der Waals surface area contributed by atoms with Crippen molar-refractivity contribution < 1.29 is 27.1 Å². The van der Waals surface area contributed by atoms with E-state index in [1.165, 1.54) is 18.2 Å². The molecule has 0 aliphatic carbocycles. The number of ether oxygens (including phenoxy) is 1. The van der Waals surface area contributed by atoms with Crippen molar-refractivity contribution in [2.45, 2.75) is 11.3 Å². The second-order valence-corrected chi connectivity index (χ2v) is 7.46. The van der Waals surface area contributed by atoms with Crippen LogP contribution in [-0.4, -0.2) is 33.4 Å². The number of esters is 1. The first-order valence-corrected chi connectivity index (χ1v) is 9.60. The van der Waals surface area contributed by atoms with Crippen molar-refractivity contribution in [3.05, 3.63) is 64.4 Å². The molecule has 1 amide bonds. The quantitative estimate of drug-likeness (QED) is 0.668. The topological polar surface area (TPSA) is 116 Å². The lowest BCUT2D eigenvalue weighted by Crippen LogP contribution is -2.30. The van der Waals surface area contributed by atoms with E-state index in [0.717, 1.165) is 17.7 Å². The highest BCUT2D eigenvalue weighted by Gasteiger charge is 2.14. The van der Waals surface area contributed by atoms with E-state index in [2.05, 4.69) is 5.32 Å². The van der Waals surface area contributed by atoms with E-state index in [4.69, 9.17) is 21.5 Å². The van der Waals surface area contributed by atoms with E-state index < -0.39 is 34.3 Å². The molecular weight excluding hydrogens is 399 g/mol. The van der Waals surface area contributed by atoms with Gasteiger partial charge in [-0.15, -0.1) is 0 Å². The molecule has 0 saturated carbocycles. The Morgan fingerprint density at radius 1 is 1.15 bits per heavy atom. The second-order valence-electron chi connectivity index (χ2n) is 5.49. The van der Waals surface area contributed by atoms with Gasteiger partial charge in [0.2, 0.25) is 10.0 Å². The number of sulfonamides is 1. The normalized spacial score (nSPS) is 11.1. The molecule has 0 aliphatic heterocycles. The highest BCUT2D eigenvalue weighted by molar-refractivity contribution is 7.89. The zero-order valence-electron chi connectivity index (χ0n) is 13.9. The van der Waals surface area contributed by atoms with Crippen LogP contribution in [-0.2, 0) is 26.0 Å². The van der Waals surface area contributed by atoms with Crippen molar-refractivity contribution in [3.8, 4) is 0 Å². The van der Waals surface area contributed by atoms with Gasteiger partial charge in [-0.25, -0.2) is 22.7 Å². The fraction of sp³-hybridized carbons (Fsp3) is 0.176. The second kappa shape index (κ2) is 8.94. The number of primary sulfonamides is 1. The molecule has 27 heavy (non-hydrogen) atoms. The lowest BCUT2D eigenvalue weighted by atomic mass is 10.1. The van der Waals surface area contributed by atoms with Crippen molar-refractivity contribution in [1.29, 1.82) is 0 Å². The number of nitrogens with one attached hydrogen (secondary N) is 1. The molecule has 144 valence electrons. The number of amides is 1. The van der Waals surface area contributed by atoms with Crippen LogP contribution < -0.4 is 10.5 Å². The first-order valence-electron chi connectivity index (χ1n) is 7.67. The zero-order chi connectivity index (χ0) is 20.0. The van der Waals surface area contributed by atoms with Crippen LogP contribution in [0.4, 0.5) is 4.39 Å². The summed E-state index contributed by atoms with van der Waals surface area (Å²) in [6.45, 7) is -0.265. The number of hydrogen-bond acceptors (Lipinski definition) is 5. The standard InChI is InChI=1S/C17H16ClFN2O5S/c18-15-9-12(19)3-6-14(15)17(23)26-10-16(22)21-8-7-11-1-4-13(5-2-11)27(20,24)25/h1-6,9H,7-8,10H2,(H,21,22)(H2,20,24,25). The third-order valence-electron chi connectivity index (χ3n) is 3.47. The molecular formula is C17H16ClFN2O5S. The minimum absolute atomic E-state index is 0.00153. The predicted octanol–water partition coefficient (Wildman–Crippen LogP) is 1.64. The number of nitrogens with two attached hydrogens (primary N) is 1. The molecule has 10 heteroatoms. The van der Waals surface area contributed by atoms with Crippen LogP contribution in [0.1, 0.15) is 15.9 Å². The number of hydrogen-bond donors (Lipinski definition) is 2. The summed E-state index contributed by atoms with van der Waals surface area (Å²) in [6, 6.07) is 9.12. The van der Waals surface area contributed by atoms with Crippen LogP contribution in [0.15, 0.2) is 47.4 Å². The van der Waals surface area contributed by atoms with Crippen LogP contribution >= 0.6 is 11.6 Å². The minimum atomic E-state index is -3.75. The average molecular weight is 415 g/mol. The molecule has 0 saturated heterocycles. The Kier molecular flexibility index (Phi) is 6.89. The molecule has 2 aromatic carbocycles. The molecule has 2 aromatic rings. The number of carbonyl (C=O) groups is 2. The van der Waals surface area contributed by atoms with Crippen LogP contribution in [0.25, 0.3) is 0 Å². The Labute approximate surface area is 160 Å². The predicted molar refractivity (Wildman–Crippen MR) is 96.2 cm³/mol. The van der Waals surface area contributed by atoms with Gasteiger partial charge in [-0.05, 0) is 42.3 Å².